The van der Waals surface area contributed by atoms with Crippen LogP contribution in [0, 0.1) is 25.2 Å². The summed E-state index contributed by atoms with van der Waals surface area (Å²) in [5, 5.41) is 14.9. The number of aryl methyl sites for hydroxylation is 1. The number of hydrogen-bond donors (Lipinski definition) is 1. The summed E-state index contributed by atoms with van der Waals surface area (Å²) < 4.78 is 2.05. The van der Waals surface area contributed by atoms with Gasteiger partial charge in [-0.05, 0) is 55.8 Å². The third kappa shape index (κ3) is 3.69. The largest absolute Gasteiger partial charge is 0.318 e. The number of nitrogens with one attached hydrogen (secondary N) is 1. The van der Waals surface area contributed by atoms with Gasteiger partial charge in [0, 0.05) is 33.7 Å². The molecule has 0 aliphatic heterocycles. The minimum absolute atomic E-state index is 0.0246. The zero-order valence-electron chi connectivity index (χ0n) is 14.2. The van der Waals surface area contributed by atoms with E-state index in [2.05, 4.69) is 14.9 Å². The van der Waals surface area contributed by atoms with Crippen LogP contribution in [-0.2, 0) is 4.79 Å². The quantitative estimate of drug-likeness (QED) is 0.522. The maximum atomic E-state index is 12.3. The molecule has 26 heavy (non-hydrogen) atoms. The molecule has 2 aromatic heterocycles. The van der Waals surface area contributed by atoms with Crippen molar-refractivity contribution in [2.45, 2.75) is 13.8 Å². The van der Waals surface area contributed by atoms with E-state index in [4.69, 9.17) is 11.6 Å². The minimum atomic E-state index is -0.473. The summed E-state index contributed by atoms with van der Waals surface area (Å²) in [5.74, 6) is -0.473. The van der Waals surface area contributed by atoms with E-state index in [1.807, 2.05) is 50.2 Å². The molecule has 0 spiro atoms. The van der Waals surface area contributed by atoms with Crippen LogP contribution in [0.2, 0.25) is 5.02 Å². The maximum absolute atomic E-state index is 12.3. The number of thiazole rings is 1. The van der Waals surface area contributed by atoms with Crippen LogP contribution in [-0.4, -0.2) is 15.5 Å². The van der Waals surface area contributed by atoms with Gasteiger partial charge in [-0.15, -0.1) is 11.3 Å². The number of anilines is 1. The highest BCUT2D eigenvalue weighted by Gasteiger charge is 2.14. The highest BCUT2D eigenvalue weighted by Crippen LogP contribution is 2.24. The summed E-state index contributed by atoms with van der Waals surface area (Å²) in [7, 11) is 0. The summed E-state index contributed by atoms with van der Waals surface area (Å²) >= 11 is 7.26. The molecule has 1 amide bonds. The van der Waals surface area contributed by atoms with Gasteiger partial charge in [0.1, 0.15) is 11.6 Å². The second-order valence-corrected chi connectivity index (χ2v) is 6.93. The molecule has 0 unspecified atom stereocenters. The number of aromatic nitrogens is 2. The van der Waals surface area contributed by atoms with E-state index in [1.54, 1.807) is 17.7 Å². The Bertz CT molecular complexity index is 1010. The van der Waals surface area contributed by atoms with Crippen molar-refractivity contribution in [2.24, 2.45) is 0 Å². The molecule has 0 saturated carbocycles. The fraction of sp³-hybridized carbons (Fsp3) is 0.105. The number of halogens is 1. The summed E-state index contributed by atoms with van der Waals surface area (Å²) in [6, 6.07) is 11.4. The molecule has 3 rings (SSSR count). The summed E-state index contributed by atoms with van der Waals surface area (Å²) in [5.41, 5.74) is 3.72. The lowest BCUT2D eigenvalue weighted by molar-refractivity contribution is -0.112. The number of carbonyl (C=O) groups is 1. The first-order valence-corrected chi connectivity index (χ1v) is 9.03. The van der Waals surface area contributed by atoms with Crippen molar-refractivity contribution in [2.75, 3.05) is 5.32 Å². The van der Waals surface area contributed by atoms with Crippen LogP contribution in [0.1, 0.15) is 17.0 Å². The molecule has 0 aliphatic carbocycles. The van der Waals surface area contributed by atoms with Gasteiger partial charge in [-0.3, -0.25) is 10.1 Å². The van der Waals surface area contributed by atoms with Gasteiger partial charge in [0.05, 0.1) is 0 Å². The highest BCUT2D eigenvalue weighted by molar-refractivity contribution is 7.13. The molecule has 0 atom stereocenters. The van der Waals surface area contributed by atoms with Crippen molar-refractivity contribution in [3.05, 3.63) is 69.5 Å². The fourth-order valence-corrected chi connectivity index (χ4v) is 3.32. The Morgan fingerprint density at radius 1 is 1.35 bits per heavy atom. The normalized spacial score (nSPS) is 11.2. The molecular formula is C19H15ClN4OS. The van der Waals surface area contributed by atoms with E-state index in [0.717, 1.165) is 22.6 Å². The van der Waals surface area contributed by atoms with Crippen molar-refractivity contribution < 1.29 is 4.79 Å². The predicted octanol–water partition coefficient (Wildman–Crippen LogP) is 4.75. The van der Waals surface area contributed by atoms with Crippen LogP contribution < -0.4 is 5.32 Å². The number of rotatable bonds is 4. The number of amides is 1. The van der Waals surface area contributed by atoms with E-state index in [9.17, 15) is 10.1 Å². The molecule has 5 nitrogen and oxygen atoms in total. The Morgan fingerprint density at radius 2 is 2.08 bits per heavy atom. The van der Waals surface area contributed by atoms with E-state index in [-0.39, 0.29) is 5.57 Å². The van der Waals surface area contributed by atoms with Crippen molar-refractivity contribution >= 4 is 40.1 Å². The molecule has 1 N–H and O–H groups in total. The molecular weight excluding hydrogens is 368 g/mol. The molecule has 2 heterocycles. The predicted molar refractivity (Wildman–Crippen MR) is 105 cm³/mol. The number of benzene rings is 1. The van der Waals surface area contributed by atoms with Crippen LogP contribution >= 0.6 is 22.9 Å². The summed E-state index contributed by atoms with van der Waals surface area (Å²) in [6.07, 6.45) is 3.19. The van der Waals surface area contributed by atoms with Gasteiger partial charge in [0.2, 0.25) is 0 Å². The standard InChI is InChI=1S/C19H15ClN4OS/c1-12-9-14(13(2)24(12)17-5-3-16(20)4-6-17)10-15(11-21)18(25)23-19-22-7-8-26-19/h3-10H,1-2H3,(H,22,23,25). The van der Waals surface area contributed by atoms with Crippen molar-refractivity contribution in [1.82, 2.24) is 9.55 Å². The number of hydrogen-bond acceptors (Lipinski definition) is 4. The molecule has 130 valence electrons. The Kier molecular flexibility index (Phi) is 5.21. The number of nitrogens with zero attached hydrogens (tertiary/aromatic N) is 3. The second-order valence-electron chi connectivity index (χ2n) is 5.60. The Morgan fingerprint density at radius 3 is 2.69 bits per heavy atom. The number of carbonyl (C=O) groups excluding carboxylic acids is 1. The summed E-state index contributed by atoms with van der Waals surface area (Å²) in [6.45, 7) is 3.92. The minimum Gasteiger partial charge on any atom is -0.318 e. The maximum Gasteiger partial charge on any atom is 0.268 e. The van der Waals surface area contributed by atoms with Crippen LogP contribution in [0.25, 0.3) is 11.8 Å². The Hall–Kier alpha value is -2.88. The lowest BCUT2D eigenvalue weighted by Crippen LogP contribution is -2.13. The van der Waals surface area contributed by atoms with Crippen molar-refractivity contribution in [1.29, 1.82) is 5.26 Å². The molecule has 0 saturated heterocycles. The monoisotopic (exact) mass is 382 g/mol. The van der Waals surface area contributed by atoms with Crippen LogP contribution in [0.5, 0.6) is 0 Å². The average Bonchev–Trinajstić information content (AvgIpc) is 3.22. The van der Waals surface area contributed by atoms with Gasteiger partial charge in [-0.1, -0.05) is 11.6 Å². The first-order chi connectivity index (χ1) is 12.5. The SMILES string of the molecule is Cc1cc(C=C(C#N)C(=O)Nc2nccs2)c(C)n1-c1ccc(Cl)cc1. The zero-order chi connectivity index (χ0) is 18.7. The Labute approximate surface area is 160 Å². The highest BCUT2D eigenvalue weighted by atomic mass is 35.5. The lowest BCUT2D eigenvalue weighted by Gasteiger charge is -2.09. The smallest absolute Gasteiger partial charge is 0.268 e. The molecule has 3 aromatic rings. The van der Waals surface area contributed by atoms with Gasteiger partial charge in [-0.2, -0.15) is 5.26 Å². The molecule has 0 radical (unpaired) electrons. The topological polar surface area (TPSA) is 70.7 Å². The van der Waals surface area contributed by atoms with Gasteiger partial charge >= 0.3 is 0 Å². The molecule has 1 aromatic carbocycles. The fourth-order valence-electron chi connectivity index (χ4n) is 2.67. The van der Waals surface area contributed by atoms with Crippen molar-refractivity contribution in [3.63, 3.8) is 0 Å². The van der Waals surface area contributed by atoms with E-state index >= 15 is 0 Å². The van der Waals surface area contributed by atoms with E-state index < -0.39 is 5.91 Å². The van der Waals surface area contributed by atoms with E-state index in [0.29, 0.717) is 10.2 Å². The first-order valence-electron chi connectivity index (χ1n) is 7.77. The third-order valence-corrected chi connectivity index (χ3v) is 4.81. The zero-order valence-corrected chi connectivity index (χ0v) is 15.7. The van der Waals surface area contributed by atoms with Gasteiger partial charge in [0.25, 0.3) is 5.91 Å². The lowest BCUT2D eigenvalue weighted by atomic mass is 10.1. The second kappa shape index (κ2) is 7.56. The molecule has 0 aliphatic rings. The molecule has 7 heteroatoms. The Balaban J connectivity index is 1.94. The average molecular weight is 383 g/mol. The van der Waals surface area contributed by atoms with Crippen LogP contribution in [0.15, 0.2) is 47.5 Å². The molecule has 0 bridgehead atoms. The van der Waals surface area contributed by atoms with Crippen LogP contribution in [0.4, 0.5) is 5.13 Å². The van der Waals surface area contributed by atoms with Gasteiger partial charge in [0.15, 0.2) is 5.13 Å². The third-order valence-electron chi connectivity index (χ3n) is 3.87. The van der Waals surface area contributed by atoms with E-state index in [1.165, 1.54) is 11.3 Å². The van der Waals surface area contributed by atoms with Gasteiger partial charge in [-0.25, -0.2) is 4.98 Å². The van der Waals surface area contributed by atoms with Crippen LogP contribution in [0.3, 0.4) is 0 Å². The number of nitriles is 1. The first kappa shape index (κ1) is 17.9. The summed E-state index contributed by atoms with van der Waals surface area (Å²) in [4.78, 5) is 16.3. The molecule has 0 fully saturated rings. The van der Waals surface area contributed by atoms with Gasteiger partial charge < -0.3 is 4.57 Å². The van der Waals surface area contributed by atoms with Crippen molar-refractivity contribution in [3.8, 4) is 11.8 Å².